The number of nitrogens with zero attached hydrogens (tertiary/aromatic N) is 2. The van der Waals surface area contributed by atoms with Crippen LogP contribution in [-0.4, -0.2) is 25.8 Å². The minimum absolute atomic E-state index is 0.00116. The minimum atomic E-state index is -4.02. The van der Waals surface area contributed by atoms with E-state index in [1.165, 1.54) is 42.5 Å². The van der Waals surface area contributed by atoms with Gasteiger partial charge < -0.3 is 4.74 Å². The number of nitrogens with one attached hydrogen (secondary N) is 1. The molecule has 35 heavy (non-hydrogen) atoms. The number of carbonyl (C=O) groups excluding carboxylic acids is 1. The Bertz CT molecular complexity index is 1500. The predicted molar refractivity (Wildman–Crippen MR) is 128 cm³/mol. The molecule has 0 bridgehead atoms. The minimum Gasteiger partial charge on any atom is -0.468 e. The van der Waals surface area contributed by atoms with Crippen LogP contribution in [0.5, 0.6) is 5.88 Å². The van der Waals surface area contributed by atoms with Crippen molar-refractivity contribution in [2.45, 2.75) is 4.90 Å². The van der Waals surface area contributed by atoms with Gasteiger partial charge in [-0.3, -0.25) is 9.52 Å². The number of hydrogen-bond acceptors (Lipinski definition) is 6. The van der Waals surface area contributed by atoms with Gasteiger partial charge in [0.2, 0.25) is 5.88 Å². The summed E-state index contributed by atoms with van der Waals surface area (Å²) in [5.41, 5.74) is 0.824. The highest BCUT2D eigenvalue weighted by Gasteiger charge is 2.21. The fourth-order valence-corrected chi connectivity index (χ4v) is 4.32. The molecule has 0 unspecified atom stereocenters. The van der Waals surface area contributed by atoms with Crippen molar-refractivity contribution in [2.24, 2.45) is 0 Å². The second-order valence-electron chi connectivity index (χ2n) is 7.35. The average molecular weight is 488 g/mol. The number of nitriles is 1. The molecule has 1 aromatic heterocycles. The first-order valence-electron chi connectivity index (χ1n) is 10.4. The van der Waals surface area contributed by atoms with E-state index >= 15 is 0 Å². The molecule has 4 rings (SSSR count). The predicted octanol–water partition coefficient (Wildman–Crippen LogP) is 4.82. The van der Waals surface area contributed by atoms with Crippen molar-refractivity contribution < 1.29 is 22.3 Å². The quantitative estimate of drug-likeness (QED) is 0.357. The first-order valence-corrected chi connectivity index (χ1v) is 11.9. The monoisotopic (exact) mass is 487 g/mol. The number of Topliss-reactive ketones (excluding diaryl/α,β-unsaturated/α-hetero) is 1. The maximum absolute atomic E-state index is 13.5. The Labute approximate surface area is 201 Å². The molecule has 0 saturated carbocycles. The highest BCUT2D eigenvalue weighted by atomic mass is 32.2. The molecule has 0 fully saturated rings. The molecule has 1 heterocycles. The van der Waals surface area contributed by atoms with Gasteiger partial charge in [-0.1, -0.05) is 48.5 Å². The molecule has 7 nitrogen and oxygen atoms in total. The average Bonchev–Trinajstić information content (AvgIpc) is 2.89. The molecule has 3 aromatic carbocycles. The summed E-state index contributed by atoms with van der Waals surface area (Å²) in [5.74, 6) is -0.967. The molecule has 0 aliphatic rings. The lowest BCUT2D eigenvalue weighted by atomic mass is 10.1. The van der Waals surface area contributed by atoms with Gasteiger partial charge in [-0.05, 0) is 42.5 Å². The Morgan fingerprint density at radius 3 is 2.23 bits per heavy atom. The van der Waals surface area contributed by atoms with Crippen LogP contribution in [0.1, 0.15) is 15.9 Å². The molecule has 4 aromatic rings. The van der Waals surface area contributed by atoms with Crippen LogP contribution in [0.15, 0.2) is 95.9 Å². The fraction of sp³-hybridized carbons (Fsp3) is 0.0385. The van der Waals surface area contributed by atoms with Crippen LogP contribution < -0.4 is 9.46 Å². The molecule has 0 spiro atoms. The van der Waals surface area contributed by atoms with E-state index in [9.17, 15) is 22.9 Å². The standard InChI is InChI=1S/C26H18FN3O4S/c27-21-13-11-19(12-14-21)25-23(30-35(32,33)22-9-5-2-6-10-22)15-20(16-28)26(29-25)34-17-24(31)18-7-3-1-4-8-18/h1-15,30H,17H2. The number of benzene rings is 3. The Morgan fingerprint density at radius 1 is 0.971 bits per heavy atom. The summed E-state index contributed by atoms with van der Waals surface area (Å²) in [7, 11) is -4.02. The number of ketones is 1. The summed E-state index contributed by atoms with van der Waals surface area (Å²) >= 11 is 0. The van der Waals surface area contributed by atoms with Gasteiger partial charge in [-0.2, -0.15) is 5.26 Å². The third-order valence-electron chi connectivity index (χ3n) is 4.96. The van der Waals surface area contributed by atoms with Crippen LogP contribution >= 0.6 is 0 Å². The van der Waals surface area contributed by atoms with E-state index in [2.05, 4.69) is 9.71 Å². The Balaban J connectivity index is 1.74. The number of sulfonamides is 1. The van der Waals surface area contributed by atoms with E-state index in [1.54, 1.807) is 48.5 Å². The van der Waals surface area contributed by atoms with E-state index in [-0.39, 0.29) is 40.1 Å². The molecule has 0 amide bonds. The lowest BCUT2D eigenvalue weighted by molar-refractivity contribution is 0.0918. The van der Waals surface area contributed by atoms with Crippen LogP contribution in [-0.2, 0) is 10.0 Å². The first kappa shape index (κ1) is 23.6. The number of carbonyl (C=O) groups is 1. The van der Waals surface area contributed by atoms with Crippen molar-refractivity contribution in [2.75, 3.05) is 11.3 Å². The Kier molecular flexibility index (Phi) is 6.85. The molecular weight excluding hydrogens is 469 g/mol. The van der Waals surface area contributed by atoms with Crippen LogP contribution in [0.3, 0.4) is 0 Å². The number of hydrogen-bond donors (Lipinski definition) is 1. The molecular formula is C26H18FN3O4S. The van der Waals surface area contributed by atoms with Gasteiger partial charge in [0.05, 0.1) is 16.3 Å². The number of rotatable bonds is 8. The smallest absolute Gasteiger partial charge is 0.261 e. The molecule has 1 N–H and O–H groups in total. The largest absolute Gasteiger partial charge is 0.468 e. The van der Waals surface area contributed by atoms with Gasteiger partial charge >= 0.3 is 0 Å². The molecule has 0 aliphatic carbocycles. The van der Waals surface area contributed by atoms with Crippen molar-refractivity contribution in [3.63, 3.8) is 0 Å². The van der Waals surface area contributed by atoms with Crippen molar-refractivity contribution in [3.8, 4) is 23.2 Å². The van der Waals surface area contributed by atoms with Gasteiger partial charge in [-0.25, -0.2) is 17.8 Å². The molecule has 0 radical (unpaired) electrons. The van der Waals surface area contributed by atoms with E-state index < -0.39 is 15.8 Å². The van der Waals surface area contributed by atoms with E-state index in [0.29, 0.717) is 11.1 Å². The first-order chi connectivity index (χ1) is 16.9. The third-order valence-corrected chi connectivity index (χ3v) is 6.34. The van der Waals surface area contributed by atoms with Crippen LogP contribution in [0.2, 0.25) is 0 Å². The zero-order chi connectivity index (χ0) is 24.8. The summed E-state index contributed by atoms with van der Waals surface area (Å²) in [5, 5.41) is 9.66. The van der Waals surface area contributed by atoms with E-state index in [1.807, 2.05) is 6.07 Å². The number of ether oxygens (including phenoxy) is 1. The van der Waals surface area contributed by atoms with Crippen molar-refractivity contribution in [3.05, 3.63) is 108 Å². The number of halogens is 1. The van der Waals surface area contributed by atoms with Crippen LogP contribution in [0.25, 0.3) is 11.3 Å². The second-order valence-corrected chi connectivity index (χ2v) is 9.03. The lowest BCUT2D eigenvalue weighted by Crippen LogP contribution is -2.16. The van der Waals surface area contributed by atoms with Crippen molar-refractivity contribution in [1.29, 1.82) is 5.26 Å². The fourth-order valence-electron chi connectivity index (χ4n) is 3.24. The Morgan fingerprint density at radius 2 is 1.60 bits per heavy atom. The maximum atomic E-state index is 13.5. The van der Waals surface area contributed by atoms with Gasteiger partial charge in [0, 0.05) is 11.1 Å². The number of pyridine rings is 1. The lowest BCUT2D eigenvalue weighted by Gasteiger charge is -2.15. The SMILES string of the molecule is N#Cc1cc(NS(=O)(=O)c2ccccc2)c(-c2ccc(F)cc2)nc1OCC(=O)c1ccccc1. The molecule has 9 heteroatoms. The third kappa shape index (κ3) is 5.51. The van der Waals surface area contributed by atoms with Gasteiger partial charge in [0.15, 0.2) is 12.4 Å². The van der Waals surface area contributed by atoms with E-state index in [0.717, 1.165) is 0 Å². The maximum Gasteiger partial charge on any atom is 0.261 e. The topological polar surface area (TPSA) is 109 Å². The molecule has 174 valence electrons. The normalized spacial score (nSPS) is 10.9. The molecule has 0 saturated heterocycles. The summed E-state index contributed by atoms with van der Waals surface area (Å²) in [4.78, 5) is 16.8. The van der Waals surface area contributed by atoms with Gasteiger partial charge in [0.25, 0.3) is 10.0 Å². The van der Waals surface area contributed by atoms with Gasteiger partial charge in [-0.15, -0.1) is 0 Å². The van der Waals surface area contributed by atoms with Crippen LogP contribution in [0.4, 0.5) is 10.1 Å². The van der Waals surface area contributed by atoms with Gasteiger partial charge in [0.1, 0.15) is 17.4 Å². The summed E-state index contributed by atoms with van der Waals surface area (Å²) in [6, 6.07) is 24.6. The van der Waals surface area contributed by atoms with Crippen molar-refractivity contribution >= 4 is 21.5 Å². The highest BCUT2D eigenvalue weighted by molar-refractivity contribution is 7.92. The van der Waals surface area contributed by atoms with Crippen LogP contribution in [0, 0.1) is 17.1 Å². The second kappa shape index (κ2) is 10.2. The highest BCUT2D eigenvalue weighted by Crippen LogP contribution is 2.33. The summed E-state index contributed by atoms with van der Waals surface area (Å²) in [6.45, 7) is -0.385. The summed E-state index contributed by atoms with van der Waals surface area (Å²) < 4.78 is 47.4. The van der Waals surface area contributed by atoms with E-state index in [4.69, 9.17) is 4.74 Å². The Hall–Kier alpha value is -4.55. The zero-order valence-electron chi connectivity index (χ0n) is 18.2. The number of aromatic nitrogens is 1. The van der Waals surface area contributed by atoms with Crippen molar-refractivity contribution in [1.82, 2.24) is 4.98 Å². The molecule has 0 atom stereocenters. The number of anilines is 1. The molecule has 0 aliphatic heterocycles. The zero-order valence-corrected chi connectivity index (χ0v) is 19.0. The summed E-state index contributed by atoms with van der Waals surface area (Å²) in [6.07, 6.45) is 0.